The second-order valence-electron chi connectivity index (χ2n) is 6.98. The summed E-state index contributed by atoms with van der Waals surface area (Å²) in [6.45, 7) is 5.04. The normalized spacial score (nSPS) is 26.2. The molecule has 0 aromatic carbocycles. The van der Waals surface area contributed by atoms with Gasteiger partial charge in [0, 0.05) is 18.6 Å². The number of rotatable bonds is 5. The van der Waals surface area contributed by atoms with E-state index in [4.69, 9.17) is 5.11 Å². The van der Waals surface area contributed by atoms with Crippen LogP contribution in [0.3, 0.4) is 0 Å². The fourth-order valence-corrected chi connectivity index (χ4v) is 3.60. The van der Waals surface area contributed by atoms with Gasteiger partial charge in [-0.15, -0.1) is 0 Å². The number of carboxylic acid groups (broad SMARTS) is 1. The maximum Gasteiger partial charge on any atom is 0.317 e. The number of nitrogens with zero attached hydrogens (tertiary/aromatic N) is 1. The van der Waals surface area contributed by atoms with Gasteiger partial charge in [-0.2, -0.15) is 0 Å². The lowest BCUT2D eigenvalue weighted by Crippen LogP contribution is -2.49. The number of hydrogen-bond donors (Lipinski definition) is 2. The minimum absolute atomic E-state index is 0.00615. The highest BCUT2D eigenvalue weighted by Crippen LogP contribution is 2.27. The molecule has 2 aliphatic rings. The van der Waals surface area contributed by atoms with Crippen molar-refractivity contribution in [2.24, 2.45) is 11.8 Å². The van der Waals surface area contributed by atoms with E-state index < -0.39 is 5.97 Å². The molecule has 0 spiro atoms. The number of aliphatic carboxylic acids is 1. The Morgan fingerprint density at radius 3 is 2.38 bits per heavy atom. The van der Waals surface area contributed by atoms with Crippen LogP contribution in [0.2, 0.25) is 0 Å². The minimum atomic E-state index is -0.735. The van der Waals surface area contributed by atoms with Gasteiger partial charge in [-0.05, 0) is 38.0 Å². The van der Waals surface area contributed by atoms with Crippen molar-refractivity contribution >= 4 is 12.0 Å². The number of carboxylic acids is 1. The monoisotopic (exact) mass is 296 g/mol. The molecular weight excluding hydrogens is 268 g/mol. The molecule has 2 amide bonds. The van der Waals surface area contributed by atoms with Gasteiger partial charge in [-0.1, -0.05) is 26.7 Å². The molecule has 2 saturated carbocycles. The van der Waals surface area contributed by atoms with Crippen molar-refractivity contribution in [1.29, 1.82) is 0 Å². The van der Waals surface area contributed by atoms with Gasteiger partial charge < -0.3 is 15.3 Å². The number of urea groups is 1. The van der Waals surface area contributed by atoms with E-state index in [1.54, 1.807) is 0 Å². The van der Waals surface area contributed by atoms with Crippen molar-refractivity contribution in [1.82, 2.24) is 10.2 Å². The molecule has 0 aromatic rings. The summed E-state index contributed by atoms with van der Waals surface area (Å²) in [6, 6.07) is 0.394. The van der Waals surface area contributed by atoms with Crippen LogP contribution < -0.4 is 5.32 Å². The maximum atomic E-state index is 12.6. The molecule has 0 aliphatic heterocycles. The third-order valence-corrected chi connectivity index (χ3v) is 4.70. The molecule has 0 bridgehead atoms. The molecule has 120 valence electrons. The van der Waals surface area contributed by atoms with Crippen LogP contribution in [0, 0.1) is 11.8 Å². The molecule has 2 N–H and O–H groups in total. The average molecular weight is 296 g/mol. The Morgan fingerprint density at radius 1 is 1.19 bits per heavy atom. The second kappa shape index (κ2) is 7.14. The average Bonchev–Trinajstić information content (AvgIpc) is 3.06. The Hall–Kier alpha value is -1.26. The Balaban J connectivity index is 1.90. The van der Waals surface area contributed by atoms with Crippen molar-refractivity contribution in [3.63, 3.8) is 0 Å². The largest absolute Gasteiger partial charge is 0.481 e. The van der Waals surface area contributed by atoms with Gasteiger partial charge in [-0.3, -0.25) is 4.79 Å². The molecule has 0 radical (unpaired) electrons. The Kier molecular flexibility index (Phi) is 5.48. The Bertz CT molecular complexity index is 378. The van der Waals surface area contributed by atoms with Crippen molar-refractivity contribution in [2.45, 2.75) is 70.9 Å². The molecular formula is C16H28N2O3. The Morgan fingerprint density at radius 2 is 1.86 bits per heavy atom. The minimum Gasteiger partial charge on any atom is -0.481 e. The summed E-state index contributed by atoms with van der Waals surface area (Å²) in [5.41, 5.74) is 0. The van der Waals surface area contributed by atoms with Crippen LogP contribution >= 0.6 is 0 Å². The van der Waals surface area contributed by atoms with Gasteiger partial charge in [0.05, 0.1) is 5.92 Å². The fourth-order valence-electron chi connectivity index (χ4n) is 3.60. The van der Waals surface area contributed by atoms with E-state index in [0.717, 1.165) is 25.8 Å². The third-order valence-electron chi connectivity index (χ3n) is 4.70. The molecule has 2 atom stereocenters. The summed E-state index contributed by atoms with van der Waals surface area (Å²) in [7, 11) is 0. The molecule has 2 fully saturated rings. The van der Waals surface area contributed by atoms with E-state index in [-0.39, 0.29) is 18.0 Å². The topological polar surface area (TPSA) is 69.6 Å². The summed E-state index contributed by atoms with van der Waals surface area (Å²) in [5, 5.41) is 12.1. The van der Waals surface area contributed by atoms with E-state index in [1.807, 2.05) is 4.90 Å². The summed E-state index contributed by atoms with van der Waals surface area (Å²) < 4.78 is 0. The van der Waals surface area contributed by atoms with E-state index >= 15 is 0 Å². The number of carbonyl (C=O) groups excluding carboxylic acids is 1. The van der Waals surface area contributed by atoms with Crippen LogP contribution in [0.1, 0.15) is 58.8 Å². The number of amides is 2. The quantitative estimate of drug-likeness (QED) is 0.819. The third kappa shape index (κ3) is 4.35. The fraction of sp³-hybridized carbons (Fsp3) is 0.875. The molecule has 5 heteroatoms. The maximum absolute atomic E-state index is 12.6. The number of carbonyl (C=O) groups is 2. The summed E-state index contributed by atoms with van der Waals surface area (Å²) >= 11 is 0. The molecule has 0 aromatic heterocycles. The van der Waals surface area contributed by atoms with Crippen LogP contribution in [0.5, 0.6) is 0 Å². The molecule has 0 unspecified atom stereocenters. The SMILES string of the molecule is CC(C)CN(C(=O)N[C@H]1CC[C@@H](C(=O)O)C1)C1CCCC1. The summed E-state index contributed by atoms with van der Waals surface area (Å²) in [5.74, 6) is -0.575. The highest BCUT2D eigenvalue weighted by Gasteiger charge is 2.33. The highest BCUT2D eigenvalue weighted by atomic mass is 16.4. The molecule has 0 saturated heterocycles. The van der Waals surface area contributed by atoms with Gasteiger partial charge in [0.2, 0.25) is 0 Å². The van der Waals surface area contributed by atoms with Crippen LogP contribution in [-0.2, 0) is 4.79 Å². The lowest BCUT2D eigenvalue weighted by Gasteiger charge is -2.32. The number of nitrogens with one attached hydrogen (secondary N) is 1. The van der Waals surface area contributed by atoms with Gasteiger partial charge in [0.15, 0.2) is 0 Å². The van der Waals surface area contributed by atoms with Crippen molar-refractivity contribution in [3.8, 4) is 0 Å². The summed E-state index contributed by atoms with van der Waals surface area (Å²) in [4.78, 5) is 25.6. The standard InChI is InChI=1S/C16H28N2O3/c1-11(2)10-18(14-5-3-4-6-14)16(21)17-13-8-7-12(9-13)15(19)20/h11-14H,3-10H2,1-2H3,(H,17,21)(H,19,20)/t12-,13+/m1/s1. The van der Waals surface area contributed by atoms with Gasteiger partial charge in [0.25, 0.3) is 0 Å². The molecule has 2 rings (SSSR count). The second-order valence-corrected chi connectivity index (χ2v) is 6.98. The van der Waals surface area contributed by atoms with Crippen molar-refractivity contribution in [3.05, 3.63) is 0 Å². The predicted molar refractivity (Wildman–Crippen MR) is 81.1 cm³/mol. The Labute approximate surface area is 127 Å². The summed E-state index contributed by atoms with van der Waals surface area (Å²) in [6.07, 6.45) is 6.64. The van der Waals surface area contributed by atoms with Gasteiger partial charge in [0.1, 0.15) is 0 Å². The zero-order chi connectivity index (χ0) is 15.4. The lowest BCUT2D eigenvalue weighted by molar-refractivity contribution is -0.141. The van der Waals surface area contributed by atoms with Crippen LogP contribution in [0.25, 0.3) is 0 Å². The first-order valence-corrected chi connectivity index (χ1v) is 8.27. The van der Waals surface area contributed by atoms with E-state index in [1.165, 1.54) is 12.8 Å². The lowest BCUT2D eigenvalue weighted by atomic mass is 10.1. The first kappa shape index (κ1) is 16.1. The van der Waals surface area contributed by atoms with Crippen molar-refractivity contribution < 1.29 is 14.7 Å². The van der Waals surface area contributed by atoms with Crippen LogP contribution in [-0.4, -0.2) is 40.6 Å². The predicted octanol–water partition coefficient (Wildman–Crippen LogP) is 2.85. The first-order chi connectivity index (χ1) is 9.97. The molecule has 5 nitrogen and oxygen atoms in total. The van der Waals surface area contributed by atoms with Crippen LogP contribution in [0.4, 0.5) is 4.79 Å². The van der Waals surface area contributed by atoms with E-state index in [2.05, 4.69) is 19.2 Å². The smallest absolute Gasteiger partial charge is 0.317 e. The zero-order valence-corrected chi connectivity index (χ0v) is 13.2. The first-order valence-electron chi connectivity index (χ1n) is 8.27. The molecule has 0 heterocycles. The number of hydrogen-bond acceptors (Lipinski definition) is 2. The van der Waals surface area contributed by atoms with Crippen molar-refractivity contribution in [2.75, 3.05) is 6.54 Å². The zero-order valence-electron chi connectivity index (χ0n) is 13.2. The molecule has 2 aliphatic carbocycles. The van der Waals surface area contributed by atoms with E-state index in [0.29, 0.717) is 24.8 Å². The van der Waals surface area contributed by atoms with Gasteiger partial charge in [-0.25, -0.2) is 4.79 Å². The molecule has 21 heavy (non-hydrogen) atoms. The van der Waals surface area contributed by atoms with Gasteiger partial charge >= 0.3 is 12.0 Å². The van der Waals surface area contributed by atoms with Crippen LogP contribution in [0.15, 0.2) is 0 Å². The van der Waals surface area contributed by atoms with E-state index in [9.17, 15) is 9.59 Å². The highest BCUT2D eigenvalue weighted by molar-refractivity contribution is 5.75.